The van der Waals surface area contributed by atoms with Crippen molar-refractivity contribution in [3.05, 3.63) is 41.5 Å². The standard InChI is InChI=1S/C15H17FO2/c1-15(2)8-11(10-6-4-3-5-7-10)13(14(17)18)12(16)9-15/h3-7,12H,8-9H2,1-2H3,(H,17,18). The first-order valence-electron chi connectivity index (χ1n) is 6.06. The van der Waals surface area contributed by atoms with Crippen molar-refractivity contribution in [2.45, 2.75) is 32.9 Å². The van der Waals surface area contributed by atoms with E-state index in [1.165, 1.54) is 0 Å². The molecule has 0 radical (unpaired) electrons. The van der Waals surface area contributed by atoms with Gasteiger partial charge in [0.25, 0.3) is 0 Å². The van der Waals surface area contributed by atoms with Crippen LogP contribution in [0.5, 0.6) is 0 Å². The number of carboxylic acids is 1. The molecule has 2 rings (SSSR count). The van der Waals surface area contributed by atoms with Crippen molar-refractivity contribution in [3.8, 4) is 0 Å². The van der Waals surface area contributed by atoms with Crippen LogP contribution in [0, 0.1) is 5.41 Å². The number of carboxylic acid groups (broad SMARTS) is 1. The smallest absolute Gasteiger partial charge is 0.334 e. The number of hydrogen-bond donors (Lipinski definition) is 1. The van der Waals surface area contributed by atoms with E-state index in [-0.39, 0.29) is 17.4 Å². The SMILES string of the molecule is CC1(C)CC(c2ccccc2)=C(C(=O)O)C(F)C1. The summed E-state index contributed by atoms with van der Waals surface area (Å²) >= 11 is 0. The van der Waals surface area contributed by atoms with Gasteiger partial charge >= 0.3 is 5.97 Å². The third-order valence-corrected chi connectivity index (χ3v) is 3.38. The molecule has 0 saturated carbocycles. The van der Waals surface area contributed by atoms with Crippen LogP contribution >= 0.6 is 0 Å². The minimum absolute atomic E-state index is 0.0690. The number of hydrogen-bond acceptors (Lipinski definition) is 1. The molecule has 1 aromatic rings. The van der Waals surface area contributed by atoms with Gasteiger partial charge in [0.1, 0.15) is 6.17 Å². The lowest BCUT2D eigenvalue weighted by Crippen LogP contribution is -2.29. The molecule has 96 valence electrons. The van der Waals surface area contributed by atoms with Gasteiger partial charge < -0.3 is 5.11 Å². The van der Waals surface area contributed by atoms with Gasteiger partial charge in [0, 0.05) is 0 Å². The second-order valence-corrected chi connectivity index (χ2v) is 5.58. The third-order valence-electron chi connectivity index (χ3n) is 3.38. The average molecular weight is 248 g/mol. The zero-order chi connectivity index (χ0) is 13.3. The number of alkyl halides is 1. The van der Waals surface area contributed by atoms with E-state index in [1.807, 2.05) is 44.2 Å². The van der Waals surface area contributed by atoms with Gasteiger partial charge in [-0.2, -0.15) is 0 Å². The number of rotatable bonds is 2. The average Bonchev–Trinajstić information content (AvgIpc) is 2.27. The maximum absolute atomic E-state index is 14.1. The lowest BCUT2D eigenvalue weighted by atomic mass is 9.72. The summed E-state index contributed by atoms with van der Waals surface area (Å²) in [4.78, 5) is 11.3. The Hall–Kier alpha value is -1.64. The molecule has 0 heterocycles. The summed E-state index contributed by atoms with van der Waals surface area (Å²) in [7, 11) is 0. The fraction of sp³-hybridized carbons (Fsp3) is 0.400. The molecule has 1 N–H and O–H groups in total. The van der Waals surface area contributed by atoms with Crippen molar-refractivity contribution in [1.82, 2.24) is 0 Å². The summed E-state index contributed by atoms with van der Waals surface area (Å²) in [5.74, 6) is -1.14. The quantitative estimate of drug-likeness (QED) is 0.866. The van der Waals surface area contributed by atoms with Crippen molar-refractivity contribution >= 4 is 11.5 Å². The van der Waals surface area contributed by atoms with Gasteiger partial charge in [-0.05, 0) is 29.4 Å². The van der Waals surface area contributed by atoms with Crippen molar-refractivity contribution in [3.63, 3.8) is 0 Å². The number of allylic oxidation sites excluding steroid dienone is 1. The van der Waals surface area contributed by atoms with Gasteiger partial charge in [-0.25, -0.2) is 9.18 Å². The van der Waals surface area contributed by atoms with Crippen LogP contribution in [0.2, 0.25) is 0 Å². The number of carbonyl (C=O) groups is 1. The highest BCUT2D eigenvalue weighted by Gasteiger charge is 2.37. The molecule has 18 heavy (non-hydrogen) atoms. The van der Waals surface area contributed by atoms with Crippen LogP contribution in [0.3, 0.4) is 0 Å². The summed E-state index contributed by atoms with van der Waals surface area (Å²) in [6.07, 6.45) is -0.522. The summed E-state index contributed by atoms with van der Waals surface area (Å²) in [6, 6.07) is 9.23. The lowest BCUT2D eigenvalue weighted by Gasteiger charge is -2.34. The zero-order valence-electron chi connectivity index (χ0n) is 10.6. The van der Waals surface area contributed by atoms with E-state index >= 15 is 0 Å². The Morgan fingerprint density at radius 3 is 2.50 bits per heavy atom. The maximum Gasteiger partial charge on any atom is 0.334 e. The second-order valence-electron chi connectivity index (χ2n) is 5.58. The van der Waals surface area contributed by atoms with Crippen molar-refractivity contribution in [2.24, 2.45) is 5.41 Å². The highest BCUT2D eigenvalue weighted by molar-refractivity contribution is 5.98. The van der Waals surface area contributed by atoms with Crippen molar-refractivity contribution in [1.29, 1.82) is 0 Å². The Labute approximate surface area is 106 Å². The van der Waals surface area contributed by atoms with Gasteiger partial charge in [-0.1, -0.05) is 44.2 Å². The second kappa shape index (κ2) is 4.56. The Kier molecular flexibility index (Phi) is 3.24. The van der Waals surface area contributed by atoms with Crippen LogP contribution in [0.15, 0.2) is 35.9 Å². The van der Waals surface area contributed by atoms with Crippen LogP contribution in [0.25, 0.3) is 5.57 Å². The summed E-state index contributed by atoms with van der Waals surface area (Å²) in [5.41, 5.74) is 1.17. The highest BCUT2D eigenvalue weighted by atomic mass is 19.1. The van der Waals surface area contributed by atoms with E-state index < -0.39 is 12.1 Å². The molecule has 1 unspecified atom stereocenters. The van der Waals surface area contributed by atoms with Gasteiger partial charge in [0.05, 0.1) is 5.57 Å². The first kappa shape index (κ1) is 12.8. The predicted octanol–water partition coefficient (Wildman–Crippen LogP) is 3.68. The van der Waals surface area contributed by atoms with E-state index in [0.717, 1.165) is 5.56 Å². The van der Waals surface area contributed by atoms with Crippen molar-refractivity contribution < 1.29 is 14.3 Å². The zero-order valence-corrected chi connectivity index (χ0v) is 10.6. The molecule has 0 fully saturated rings. The molecule has 2 nitrogen and oxygen atoms in total. The van der Waals surface area contributed by atoms with Crippen LogP contribution < -0.4 is 0 Å². The first-order valence-corrected chi connectivity index (χ1v) is 6.06. The molecule has 0 spiro atoms. The number of benzene rings is 1. The lowest BCUT2D eigenvalue weighted by molar-refractivity contribution is -0.133. The number of aliphatic carboxylic acids is 1. The fourth-order valence-electron chi connectivity index (χ4n) is 2.58. The topological polar surface area (TPSA) is 37.3 Å². The Morgan fingerprint density at radius 1 is 1.33 bits per heavy atom. The van der Waals surface area contributed by atoms with Crippen molar-refractivity contribution in [2.75, 3.05) is 0 Å². The van der Waals surface area contributed by atoms with Crippen LogP contribution in [0.1, 0.15) is 32.3 Å². The molecule has 0 bridgehead atoms. The fourth-order valence-corrected chi connectivity index (χ4v) is 2.58. The molecule has 1 atom stereocenters. The predicted molar refractivity (Wildman–Crippen MR) is 68.9 cm³/mol. The number of halogens is 1. The minimum Gasteiger partial charge on any atom is -0.478 e. The molecule has 0 aliphatic heterocycles. The van der Waals surface area contributed by atoms with Crippen LogP contribution in [-0.2, 0) is 4.79 Å². The Bertz CT molecular complexity index is 488. The molecule has 0 amide bonds. The van der Waals surface area contributed by atoms with Gasteiger partial charge in [0.2, 0.25) is 0 Å². The van der Waals surface area contributed by atoms with E-state index in [9.17, 15) is 14.3 Å². The van der Waals surface area contributed by atoms with E-state index in [2.05, 4.69) is 0 Å². The first-order chi connectivity index (χ1) is 8.41. The van der Waals surface area contributed by atoms with Gasteiger partial charge in [-0.15, -0.1) is 0 Å². The highest BCUT2D eigenvalue weighted by Crippen LogP contribution is 2.44. The largest absolute Gasteiger partial charge is 0.478 e. The van der Waals surface area contributed by atoms with E-state index in [0.29, 0.717) is 12.0 Å². The van der Waals surface area contributed by atoms with E-state index in [4.69, 9.17) is 0 Å². The Balaban J connectivity index is 2.56. The van der Waals surface area contributed by atoms with Crippen LogP contribution in [0.4, 0.5) is 4.39 Å². The summed E-state index contributed by atoms with van der Waals surface area (Å²) in [6.45, 7) is 3.95. The van der Waals surface area contributed by atoms with E-state index in [1.54, 1.807) is 0 Å². The van der Waals surface area contributed by atoms with Gasteiger partial charge in [-0.3, -0.25) is 0 Å². The van der Waals surface area contributed by atoms with Gasteiger partial charge in [0.15, 0.2) is 0 Å². The molecule has 1 aliphatic carbocycles. The monoisotopic (exact) mass is 248 g/mol. The normalized spacial score (nSPS) is 22.9. The molecular weight excluding hydrogens is 231 g/mol. The maximum atomic E-state index is 14.1. The molecule has 0 aromatic heterocycles. The molecule has 0 saturated heterocycles. The van der Waals surface area contributed by atoms with Crippen LogP contribution in [-0.4, -0.2) is 17.2 Å². The molecule has 1 aromatic carbocycles. The summed E-state index contributed by atoms with van der Waals surface area (Å²) in [5, 5.41) is 9.21. The molecular formula is C15H17FO2. The third kappa shape index (κ3) is 2.45. The molecule has 1 aliphatic rings. The Morgan fingerprint density at radius 2 is 1.94 bits per heavy atom. The molecule has 3 heteroatoms. The minimum atomic E-state index is -1.39. The summed E-state index contributed by atoms with van der Waals surface area (Å²) < 4.78 is 14.1.